The van der Waals surface area contributed by atoms with Crippen LogP contribution in [0.1, 0.15) is 78.5 Å². The molecule has 0 heterocycles. The number of ether oxygens (including phenoxy) is 1. The molecule has 0 atom stereocenters. The lowest BCUT2D eigenvalue weighted by molar-refractivity contribution is -0.118. The van der Waals surface area contributed by atoms with Crippen molar-refractivity contribution in [2.75, 3.05) is 17.2 Å². The van der Waals surface area contributed by atoms with Crippen molar-refractivity contribution in [2.24, 2.45) is 0 Å². The number of hydrogen-bond donors (Lipinski definition) is 3. The van der Waals surface area contributed by atoms with Crippen LogP contribution < -0.4 is 15.4 Å². The normalized spacial score (nSPS) is 11.2. The van der Waals surface area contributed by atoms with Crippen molar-refractivity contribution in [2.45, 2.75) is 79.1 Å². The number of aromatic hydroxyl groups is 1. The predicted octanol–water partition coefficient (Wildman–Crippen LogP) is 7.60. The van der Waals surface area contributed by atoms with Crippen LogP contribution in [-0.2, 0) is 26.8 Å². The Hall–Kier alpha value is -3.80. The summed E-state index contributed by atoms with van der Waals surface area (Å²) in [6.07, 6.45) is 0.881. The molecular weight excluding hydrogens is 488 g/mol. The van der Waals surface area contributed by atoms with Crippen LogP contribution in [0.5, 0.6) is 11.5 Å². The zero-order valence-electron chi connectivity index (χ0n) is 24.6. The van der Waals surface area contributed by atoms with Gasteiger partial charge in [-0.1, -0.05) is 85.7 Å². The third kappa shape index (κ3) is 9.78. The third-order valence-electron chi connectivity index (χ3n) is 5.99. The molecule has 6 heteroatoms. The van der Waals surface area contributed by atoms with E-state index in [1.54, 1.807) is 24.3 Å². The highest BCUT2D eigenvalue weighted by Gasteiger charge is 2.26. The molecule has 0 spiro atoms. The van der Waals surface area contributed by atoms with E-state index in [-0.39, 0.29) is 29.3 Å². The van der Waals surface area contributed by atoms with E-state index >= 15 is 0 Å². The lowest BCUT2D eigenvalue weighted by atomic mass is 9.78. The van der Waals surface area contributed by atoms with Gasteiger partial charge < -0.3 is 20.5 Å². The molecular formula is C33H44N2O4. The smallest absolute Gasteiger partial charge is 0.262 e. The summed E-state index contributed by atoms with van der Waals surface area (Å²) >= 11 is 0. The third-order valence-corrected chi connectivity index (χ3v) is 5.99. The van der Waals surface area contributed by atoms with Gasteiger partial charge in [0.1, 0.15) is 11.5 Å². The topological polar surface area (TPSA) is 87.7 Å². The van der Waals surface area contributed by atoms with Crippen molar-refractivity contribution in [3.63, 3.8) is 0 Å². The molecule has 0 unspecified atom stereocenters. The number of para-hydroxylation sites is 1. The van der Waals surface area contributed by atoms with Crippen molar-refractivity contribution in [1.82, 2.24) is 0 Å². The molecule has 2 amide bonds. The fraction of sp³-hybridized carbons (Fsp3) is 0.394. The predicted molar refractivity (Wildman–Crippen MR) is 161 cm³/mol. The molecule has 0 aliphatic heterocycles. The minimum atomic E-state index is -0.248. The van der Waals surface area contributed by atoms with Gasteiger partial charge in [-0.3, -0.25) is 9.59 Å². The maximum Gasteiger partial charge on any atom is 0.262 e. The number of carbonyl (C=O) groups is 2. The number of nitrogens with one attached hydrogen (secondary N) is 2. The largest absolute Gasteiger partial charge is 0.507 e. The van der Waals surface area contributed by atoms with Crippen LogP contribution >= 0.6 is 0 Å². The number of benzene rings is 3. The summed E-state index contributed by atoms with van der Waals surface area (Å²) < 4.78 is 5.55. The fourth-order valence-corrected chi connectivity index (χ4v) is 3.97. The second-order valence-corrected chi connectivity index (χ2v) is 11.3. The summed E-state index contributed by atoms with van der Waals surface area (Å²) in [4.78, 5) is 24.7. The number of phenolic OH excluding ortho intramolecular Hbond substituents is 1. The van der Waals surface area contributed by atoms with Crippen LogP contribution in [0.15, 0.2) is 66.7 Å². The first-order valence-corrected chi connectivity index (χ1v) is 13.6. The highest BCUT2D eigenvalue weighted by atomic mass is 16.5. The molecule has 0 bridgehead atoms. The van der Waals surface area contributed by atoms with Gasteiger partial charge in [0.05, 0.1) is 0 Å². The number of anilines is 2. The van der Waals surface area contributed by atoms with Crippen molar-refractivity contribution in [3.05, 3.63) is 83.4 Å². The summed E-state index contributed by atoms with van der Waals surface area (Å²) in [5.74, 6) is 0.531. The molecule has 0 aliphatic rings. The van der Waals surface area contributed by atoms with Crippen LogP contribution in [0.2, 0.25) is 0 Å². The first kappa shape index (κ1) is 31.4. The van der Waals surface area contributed by atoms with E-state index in [2.05, 4.69) is 52.2 Å². The molecule has 0 saturated heterocycles. The first-order valence-electron chi connectivity index (χ1n) is 13.6. The Morgan fingerprint density at radius 3 is 1.74 bits per heavy atom. The molecule has 39 heavy (non-hydrogen) atoms. The van der Waals surface area contributed by atoms with Gasteiger partial charge in [-0.05, 0) is 70.3 Å². The maximum absolute atomic E-state index is 12.6. The van der Waals surface area contributed by atoms with Gasteiger partial charge in [0.2, 0.25) is 5.91 Å². The van der Waals surface area contributed by atoms with E-state index in [1.807, 2.05) is 56.3 Å². The van der Waals surface area contributed by atoms with E-state index in [4.69, 9.17) is 4.74 Å². The highest BCUT2D eigenvalue weighted by Crippen LogP contribution is 2.40. The fourth-order valence-electron chi connectivity index (χ4n) is 3.97. The number of hydrogen-bond acceptors (Lipinski definition) is 4. The van der Waals surface area contributed by atoms with E-state index in [1.165, 1.54) is 0 Å². The number of rotatable bonds is 8. The number of phenols is 1. The van der Waals surface area contributed by atoms with Gasteiger partial charge in [0, 0.05) is 17.8 Å². The molecule has 6 nitrogen and oxygen atoms in total. The summed E-state index contributed by atoms with van der Waals surface area (Å²) in [7, 11) is 0. The Kier molecular flexibility index (Phi) is 11.1. The second kappa shape index (κ2) is 13.8. The summed E-state index contributed by atoms with van der Waals surface area (Å²) in [6, 6.07) is 20.2. The van der Waals surface area contributed by atoms with E-state index < -0.39 is 0 Å². The maximum atomic E-state index is 12.6. The van der Waals surface area contributed by atoms with Crippen molar-refractivity contribution in [3.8, 4) is 11.5 Å². The molecule has 0 saturated carbocycles. The number of carbonyl (C=O) groups excluding carboxylic acids is 2. The Bertz CT molecular complexity index is 1190. The lowest BCUT2D eigenvalue weighted by Crippen LogP contribution is -2.20. The molecule has 3 rings (SSSR count). The highest BCUT2D eigenvalue weighted by molar-refractivity contribution is 5.92. The van der Waals surface area contributed by atoms with Gasteiger partial charge in [-0.2, -0.15) is 0 Å². The van der Waals surface area contributed by atoms with E-state index in [9.17, 15) is 14.7 Å². The van der Waals surface area contributed by atoms with E-state index in [0.717, 1.165) is 16.7 Å². The molecule has 3 N–H and O–H groups in total. The van der Waals surface area contributed by atoms with Gasteiger partial charge >= 0.3 is 0 Å². The minimum Gasteiger partial charge on any atom is -0.507 e. The minimum absolute atomic E-state index is 0.0985. The summed E-state index contributed by atoms with van der Waals surface area (Å²) in [5, 5.41) is 16.6. The zero-order chi connectivity index (χ0) is 29.2. The Morgan fingerprint density at radius 2 is 1.23 bits per heavy atom. The molecule has 0 radical (unpaired) electrons. The summed E-state index contributed by atoms with van der Waals surface area (Å²) in [6.45, 7) is 16.4. The second-order valence-electron chi connectivity index (χ2n) is 11.3. The van der Waals surface area contributed by atoms with Crippen LogP contribution in [0, 0.1) is 0 Å². The molecule has 210 valence electrons. The van der Waals surface area contributed by atoms with Crippen LogP contribution in [-0.4, -0.2) is 23.5 Å². The van der Waals surface area contributed by atoms with Gasteiger partial charge in [0.25, 0.3) is 5.91 Å². The van der Waals surface area contributed by atoms with Crippen LogP contribution in [0.25, 0.3) is 0 Å². The van der Waals surface area contributed by atoms with Crippen molar-refractivity contribution in [1.29, 1.82) is 0 Å². The Morgan fingerprint density at radius 1 is 0.744 bits per heavy atom. The number of amides is 2. The van der Waals surface area contributed by atoms with Crippen LogP contribution in [0.3, 0.4) is 0 Å². The van der Waals surface area contributed by atoms with Crippen molar-refractivity contribution >= 4 is 23.2 Å². The summed E-state index contributed by atoms with van der Waals surface area (Å²) in [5.41, 5.74) is 3.75. The Balaban J connectivity index is 0.00000260. The molecule has 0 aromatic heterocycles. The molecule has 3 aromatic rings. The van der Waals surface area contributed by atoms with Gasteiger partial charge in [-0.15, -0.1) is 0 Å². The molecule has 3 aromatic carbocycles. The lowest BCUT2D eigenvalue weighted by Gasteiger charge is -2.28. The standard InChI is InChI=1S/C31H38N2O4.C2H6/c1-30(2,3)25-18-21(19-26(29(25)36)31(4,5)6)12-17-27(34)32-23-13-15-24(16-14-23)37-20-28(35)33-22-10-8-7-9-11-22;1-2/h7-11,13-16,18-19,36H,12,17,20H2,1-6H3,(H,32,34)(H,33,35);1-2H3. The average Bonchev–Trinajstić information content (AvgIpc) is 2.88. The first-order chi connectivity index (χ1) is 18.3. The van der Waals surface area contributed by atoms with E-state index in [0.29, 0.717) is 35.7 Å². The monoisotopic (exact) mass is 532 g/mol. The van der Waals surface area contributed by atoms with Gasteiger partial charge in [-0.25, -0.2) is 0 Å². The van der Waals surface area contributed by atoms with Gasteiger partial charge in [0.15, 0.2) is 6.61 Å². The molecule has 0 fully saturated rings. The number of aryl methyl sites for hydroxylation is 1. The Labute approximate surface area is 233 Å². The molecule has 0 aliphatic carbocycles. The zero-order valence-corrected chi connectivity index (χ0v) is 24.6. The van der Waals surface area contributed by atoms with Crippen LogP contribution in [0.4, 0.5) is 11.4 Å². The average molecular weight is 533 g/mol. The van der Waals surface area contributed by atoms with Crippen molar-refractivity contribution < 1.29 is 19.4 Å². The quantitative estimate of drug-likeness (QED) is 0.279. The SMILES string of the molecule is CC.CC(C)(C)c1cc(CCC(=O)Nc2ccc(OCC(=O)Nc3ccccc3)cc2)cc(C(C)(C)C)c1O.